The predicted molar refractivity (Wildman–Crippen MR) is 108 cm³/mol. The van der Waals surface area contributed by atoms with Gasteiger partial charge in [0.15, 0.2) is 0 Å². The molecule has 0 spiro atoms. The highest BCUT2D eigenvalue weighted by Crippen LogP contribution is 2.23. The topological polar surface area (TPSA) is 51.4 Å². The maximum atomic E-state index is 12.4. The lowest BCUT2D eigenvalue weighted by Gasteiger charge is -2.26. The second kappa shape index (κ2) is 9.19. The molecule has 142 valence electrons. The van der Waals surface area contributed by atoms with E-state index in [0.29, 0.717) is 6.42 Å². The minimum atomic E-state index is 0.120. The smallest absolute Gasteiger partial charge is 0.224 e. The Kier molecular flexibility index (Phi) is 6.69. The number of carbonyl (C=O) groups excluding carboxylic acids is 1. The average molecular weight is 357 g/mol. The van der Waals surface area contributed by atoms with Gasteiger partial charge < -0.3 is 20.1 Å². The number of amides is 1. The molecule has 0 aliphatic carbocycles. The SMILES string of the molecule is CN(C)CCc1c[nH]c2cccc(CC(=O)NCCN3CCCCC3)c12. The fourth-order valence-corrected chi connectivity index (χ4v) is 3.80. The number of hydrogen-bond acceptors (Lipinski definition) is 3. The van der Waals surface area contributed by atoms with Crippen LogP contribution in [0.2, 0.25) is 0 Å². The van der Waals surface area contributed by atoms with E-state index in [2.05, 4.69) is 52.5 Å². The molecule has 1 saturated heterocycles. The van der Waals surface area contributed by atoms with Gasteiger partial charge in [0.1, 0.15) is 0 Å². The van der Waals surface area contributed by atoms with Gasteiger partial charge in [0.25, 0.3) is 0 Å². The molecule has 1 aliphatic heterocycles. The summed E-state index contributed by atoms with van der Waals surface area (Å²) in [5.41, 5.74) is 3.54. The van der Waals surface area contributed by atoms with Crippen LogP contribution in [0.5, 0.6) is 0 Å². The summed E-state index contributed by atoms with van der Waals surface area (Å²) < 4.78 is 0. The molecule has 5 heteroatoms. The Balaban J connectivity index is 1.58. The summed E-state index contributed by atoms with van der Waals surface area (Å²) in [4.78, 5) is 20.4. The average Bonchev–Trinajstić information content (AvgIpc) is 3.05. The maximum absolute atomic E-state index is 12.4. The van der Waals surface area contributed by atoms with Crippen molar-refractivity contribution in [2.75, 3.05) is 46.8 Å². The minimum absolute atomic E-state index is 0.120. The Morgan fingerprint density at radius 1 is 1.19 bits per heavy atom. The quantitative estimate of drug-likeness (QED) is 0.764. The van der Waals surface area contributed by atoms with Crippen LogP contribution in [-0.2, 0) is 17.6 Å². The third kappa shape index (κ3) is 5.08. The van der Waals surface area contributed by atoms with Gasteiger partial charge in [0.05, 0.1) is 6.42 Å². The molecule has 1 aliphatic rings. The van der Waals surface area contributed by atoms with Crippen LogP contribution in [-0.4, -0.2) is 67.5 Å². The molecular weight excluding hydrogens is 324 g/mol. The number of aromatic nitrogens is 1. The standard InChI is InChI=1S/C21H32N4O/c1-24(2)13-9-18-16-23-19-8-6-7-17(21(18)19)15-20(26)22-10-14-25-11-4-3-5-12-25/h6-8,16,23H,3-5,9-15H2,1-2H3,(H,22,26). The molecule has 0 atom stereocenters. The van der Waals surface area contributed by atoms with E-state index in [4.69, 9.17) is 0 Å². The van der Waals surface area contributed by atoms with Gasteiger partial charge in [-0.3, -0.25) is 4.79 Å². The Hall–Kier alpha value is -1.85. The predicted octanol–water partition coefficient (Wildman–Crippen LogP) is 2.42. The van der Waals surface area contributed by atoms with Crippen LogP contribution in [0.25, 0.3) is 10.9 Å². The van der Waals surface area contributed by atoms with E-state index in [-0.39, 0.29) is 5.91 Å². The normalized spacial score (nSPS) is 15.7. The van der Waals surface area contributed by atoms with Crippen molar-refractivity contribution in [3.63, 3.8) is 0 Å². The van der Waals surface area contributed by atoms with E-state index < -0.39 is 0 Å². The highest BCUT2D eigenvalue weighted by Gasteiger charge is 2.13. The van der Waals surface area contributed by atoms with Gasteiger partial charge in [-0.2, -0.15) is 0 Å². The molecule has 0 saturated carbocycles. The molecule has 1 aromatic heterocycles. The lowest BCUT2D eigenvalue weighted by atomic mass is 10.0. The molecule has 0 bridgehead atoms. The van der Waals surface area contributed by atoms with Crippen molar-refractivity contribution in [1.29, 1.82) is 0 Å². The van der Waals surface area contributed by atoms with Crippen LogP contribution in [0.15, 0.2) is 24.4 Å². The van der Waals surface area contributed by atoms with Crippen LogP contribution in [0, 0.1) is 0 Å². The second-order valence-electron chi connectivity index (χ2n) is 7.64. The monoisotopic (exact) mass is 356 g/mol. The molecule has 2 heterocycles. The third-order valence-electron chi connectivity index (χ3n) is 5.25. The summed E-state index contributed by atoms with van der Waals surface area (Å²) in [5, 5.41) is 4.33. The second-order valence-corrected chi connectivity index (χ2v) is 7.64. The van der Waals surface area contributed by atoms with Crippen molar-refractivity contribution in [2.24, 2.45) is 0 Å². The van der Waals surface area contributed by atoms with Gasteiger partial charge in [-0.1, -0.05) is 18.6 Å². The zero-order valence-corrected chi connectivity index (χ0v) is 16.2. The summed E-state index contributed by atoms with van der Waals surface area (Å²) in [6.07, 6.45) is 7.45. The largest absolute Gasteiger partial charge is 0.361 e. The molecule has 2 aromatic rings. The van der Waals surface area contributed by atoms with Crippen molar-refractivity contribution >= 4 is 16.8 Å². The molecule has 0 radical (unpaired) electrons. The van der Waals surface area contributed by atoms with Gasteiger partial charge in [-0.15, -0.1) is 0 Å². The maximum Gasteiger partial charge on any atom is 0.224 e. The summed E-state index contributed by atoms with van der Waals surface area (Å²) in [6.45, 7) is 5.06. The number of likely N-dealkylation sites (N-methyl/N-ethyl adjacent to an activating group) is 1. The molecule has 2 N–H and O–H groups in total. The van der Waals surface area contributed by atoms with Crippen LogP contribution in [0.1, 0.15) is 30.4 Å². The van der Waals surface area contributed by atoms with Crippen molar-refractivity contribution in [3.05, 3.63) is 35.5 Å². The summed E-state index contributed by atoms with van der Waals surface area (Å²) in [7, 11) is 4.18. The lowest BCUT2D eigenvalue weighted by molar-refractivity contribution is -0.120. The number of hydrogen-bond donors (Lipinski definition) is 2. The van der Waals surface area contributed by atoms with E-state index in [1.54, 1.807) is 0 Å². The summed E-state index contributed by atoms with van der Waals surface area (Å²) in [6, 6.07) is 6.21. The number of nitrogens with zero attached hydrogens (tertiary/aromatic N) is 2. The first-order valence-corrected chi connectivity index (χ1v) is 9.85. The number of piperidine rings is 1. The third-order valence-corrected chi connectivity index (χ3v) is 5.25. The van der Waals surface area contributed by atoms with Crippen molar-refractivity contribution in [3.8, 4) is 0 Å². The number of benzene rings is 1. The number of aromatic amines is 1. The van der Waals surface area contributed by atoms with Crippen LogP contribution in [0.4, 0.5) is 0 Å². The number of H-pyrrole nitrogens is 1. The van der Waals surface area contributed by atoms with E-state index in [0.717, 1.165) is 37.1 Å². The first kappa shape index (κ1) is 18.9. The first-order chi connectivity index (χ1) is 12.6. The molecule has 1 amide bonds. The summed E-state index contributed by atoms with van der Waals surface area (Å²) >= 11 is 0. The molecule has 1 fully saturated rings. The fraction of sp³-hybridized carbons (Fsp3) is 0.571. The zero-order valence-electron chi connectivity index (χ0n) is 16.2. The van der Waals surface area contributed by atoms with Crippen molar-refractivity contribution in [1.82, 2.24) is 20.1 Å². The Bertz CT molecular complexity index is 716. The van der Waals surface area contributed by atoms with Crippen molar-refractivity contribution in [2.45, 2.75) is 32.1 Å². The molecule has 1 aromatic carbocycles. The molecular formula is C21H32N4O. The first-order valence-electron chi connectivity index (χ1n) is 9.85. The van der Waals surface area contributed by atoms with Crippen LogP contribution in [0.3, 0.4) is 0 Å². The molecule has 26 heavy (non-hydrogen) atoms. The van der Waals surface area contributed by atoms with E-state index in [1.807, 2.05) is 6.07 Å². The molecule has 5 nitrogen and oxygen atoms in total. The van der Waals surface area contributed by atoms with Gasteiger partial charge in [0, 0.05) is 36.7 Å². The fourth-order valence-electron chi connectivity index (χ4n) is 3.80. The van der Waals surface area contributed by atoms with E-state index in [1.165, 1.54) is 43.3 Å². The number of rotatable bonds is 8. The van der Waals surface area contributed by atoms with E-state index >= 15 is 0 Å². The van der Waals surface area contributed by atoms with E-state index in [9.17, 15) is 4.79 Å². The minimum Gasteiger partial charge on any atom is -0.361 e. The van der Waals surface area contributed by atoms with Gasteiger partial charge in [-0.25, -0.2) is 0 Å². The van der Waals surface area contributed by atoms with Gasteiger partial charge in [-0.05, 0) is 63.6 Å². The zero-order chi connectivity index (χ0) is 18.4. The van der Waals surface area contributed by atoms with Gasteiger partial charge >= 0.3 is 0 Å². The Morgan fingerprint density at radius 2 is 2.00 bits per heavy atom. The van der Waals surface area contributed by atoms with Gasteiger partial charge in [0.2, 0.25) is 5.91 Å². The Labute approximate surface area is 156 Å². The lowest BCUT2D eigenvalue weighted by Crippen LogP contribution is -2.38. The number of fused-ring (bicyclic) bond motifs is 1. The number of nitrogens with one attached hydrogen (secondary N) is 2. The van der Waals surface area contributed by atoms with Crippen LogP contribution < -0.4 is 5.32 Å². The number of carbonyl (C=O) groups is 1. The number of likely N-dealkylation sites (tertiary alicyclic amines) is 1. The highest BCUT2D eigenvalue weighted by atomic mass is 16.1. The molecule has 3 rings (SSSR count). The van der Waals surface area contributed by atoms with Crippen molar-refractivity contribution < 1.29 is 4.79 Å². The molecule has 0 unspecified atom stereocenters. The summed E-state index contributed by atoms with van der Waals surface area (Å²) in [5.74, 6) is 0.120. The highest BCUT2D eigenvalue weighted by molar-refractivity contribution is 5.91. The Morgan fingerprint density at radius 3 is 2.77 bits per heavy atom. The van der Waals surface area contributed by atoms with Crippen LogP contribution >= 0.6 is 0 Å².